The molecule has 20 heavy (non-hydrogen) atoms. The lowest BCUT2D eigenvalue weighted by atomic mass is 10.2. The molecule has 0 amide bonds. The van der Waals surface area contributed by atoms with Gasteiger partial charge in [-0.05, 0) is 36.8 Å². The van der Waals surface area contributed by atoms with Crippen LogP contribution in [0.15, 0.2) is 36.5 Å². The van der Waals surface area contributed by atoms with Crippen LogP contribution in [-0.2, 0) is 0 Å². The van der Waals surface area contributed by atoms with E-state index in [0.717, 1.165) is 24.3 Å². The lowest BCUT2D eigenvalue weighted by molar-refractivity contribution is -0.0498. The molecule has 1 aromatic heterocycles. The predicted octanol–water partition coefficient (Wildman–Crippen LogP) is 3.57. The number of ether oxygens (including phenoxy) is 1. The molecule has 0 aliphatic rings. The molecule has 0 saturated carbocycles. The Morgan fingerprint density at radius 1 is 1.20 bits per heavy atom. The molecule has 0 saturated heterocycles. The molecule has 4 nitrogen and oxygen atoms in total. The van der Waals surface area contributed by atoms with Crippen molar-refractivity contribution in [1.82, 2.24) is 9.97 Å². The highest BCUT2D eigenvalue weighted by Crippen LogP contribution is 2.21. The van der Waals surface area contributed by atoms with E-state index in [2.05, 4.69) is 26.9 Å². The maximum Gasteiger partial charge on any atom is 0.387 e. The number of halogens is 2. The van der Waals surface area contributed by atoms with Crippen LogP contribution in [0.4, 0.5) is 14.6 Å². The van der Waals surface area contributed by atoms with Gasteiger partial charge in [0.15, 0.2) is 5.82 Å². The summed E-state index contributed by atoms with van der Waals surface area (Å²) in [6.07, 6.45) is 2.66. The molecule has 2 aromatic rings. The summed E-state index contributed by atoms with van der Waals surface area (Å²) in [6, 6.07) is 8.02. The summed E-state index contributed by atoms with van der Waals surface area (Å²) in [6.45, 7) is 0.0766. The van der Waals surface area contributed by atoms with Crippen molar-refractivity contribution in [2.75, 3.05) is 11.9 Å². The largest absolute Gasteiger partial charge is 0.435 e. The van der Waals surface area contributed by atoms with Gasteiger partial charge in [-0.3, -0.25) is 0 Å². The van der Waals surface area contributed by atoms with Crippen molar-refractivity contribution >= 4 is 5.82 Å². The number of nitrogens with one attached hydrogen (secondary N) is 1. The van der Waals surface area contributed by atoms with Gasteiger partial charge in [-0.15, -0.1) is 0 Å². The van der Waals surface area contributed by atoms with Gasteiger partial charge < -0.3 is 10.1 Å². The maximum atomic E-state index is 12.1. The minimum absolute atomic E-state index is 0.115. The lowest BCUT2D eigenvalue weighted by Gasteiger charge is -2.07. The van der Waals surface area contributed by atoms with E-state index in [1.54, 1.807) is 24.4 Å². The fourth-order valence-corrected chi connectivity index (χ4v) is 1.63. The first-order chi connectivity index (χ1) is 9.69. The fourth-order valence-electron chi connectivity index (χ4n) is 1.63. The van der Waals surface area contributed by atoms with Gasteiger partial charge in [0.05, 0.1) is 0 Å². The zero-order chi connectivity index (χ0) is 14.4. The van der Waals surface area contributed by atoms with Crippen molar-refractivity contribution in [3.63, 3.8) is 0 Å². The monoisotopic (exact) mass is 279 g/mol. The smallest absolute Gasteiger partial charge is 0.387 e. The number of hydrogen-bond acceptors (Lipinski definition) is 4. The van der Waals surface area contributed by atoms with Crippen molar-refractivity contribution in [2.45, 2.75) is 20.0 Å². The van der Waals surface area contributed by atoms with E-state index in [9.17, 15) is 8.78 Å². The summed E-state index contributed by atoms with van der Waals surface area (Å²) in [5.41, 5.74) is 0.742. The van der Waals surface area contributed by atoms with E-state index in [0.29, 0.717) is 5.82 Å². The molecule has 0 spiro atoms. The summed E-state index contributed by atoms with van der Waals surface area (Å²) < 4.78 is 28.4. The zero-order valence-corrected chi connectivity index (χ0v) is 11.0. The van der Waals surface area contributed by atoms with Gasteiger partial charge in [0.2, 0.25) is 0 Å². The quantitative estimate of drug-likeness (QED) is 0.878. The molecule has 0 radical (unpaired) electrons. The first-order valence-electron chi connectivity index (χ1n) is 6.31. The SMILES string of the molecule is CCCNc1ccnc(-c2ccc(OC(F)F)cc2)n1. The maximum absolute atomic E-state index is 12.1. The van der Waals surface area contributed by atoms with Gasteiger partial charge in [-0.1, -0.05) is 6.92 Å². The molecule has 1 heterocycles. The highest BCUT2D eigenvalue weighted by Gasteiger charge is 2.06. The molecular formula is C14H15F2N3O. The van der Waals surface area contributed by atoms with Crippen LogP contribution in [0, 0.1) is 0 Å². The second-order valence-corrected chi connectivity index (χ2v) is 4.10. The number of benzene rings is 1. The first-order valence-corrected chi connectivity index (χ1v) is 6.31. The number of anilines is 1. The molecular weight excluding hydrogens is 264 g/mol. The van der Waals surface area contributed by atoms with Gasteiger partial charge in [0, 0.05) is 18.3 Å². The van der Waals surface area contributed by atoms with E-state index in [1.807, 2.05) is 0 Å². The third-order valence-electron chi connectivity index (χ3n) is 2.55. The van der Waals surface area contributed by atoms with Crippen molar-refractivity contribution in [3.8, 4) is 17.1 Å². The third-order valence-corrected chi connectivity index (χ3v) is 2.55. The Morgan fingerprint density at radius 2 is 1.95 bits per heavy atom. The third kappa shape index (κ3) is 3.88. The van der Waals surface area contributed by atoms with Crippen LogP contribution in [0.25, 0.3) is 11.4 Å². The Balaban J connectivity index is 2.14. The standard InChI is InChI=1S/C14H15F2N3O/c1-2-8-17-12-7-9-18-13(19-12)10-3-5-11(6-4-10)20-14(15)16/h3-7,9,14H,2,8H2,1H3,(H,17,18,19). The molecule has 1 aromatic carbocycles. The summed E-state index contributed by atoms with van der Waals surface area (Å²) in [5, 5.41) is 3.17. The summed E-state index contributed by atoms with van der Waals surface area (Å²) in [5.74, 6) is 1.39. The van der Waals surface area contributed by atoms with Gasteiger partial charge >= 0.3 is 6.61 Å². The number of hydrogen-bond donors (Lipinski definition) is 1. The molecule has 0 atom stereocenters. The lowest BCUT2D eigenvalue weighted by Crippen LogP contribution is -2.03. The van der Waals surface area contributed by atoms with Crippen LogP contribution in [0.3, 0.4) is 0 Å². The minimum atomic E-state index is -2.82. The van der Waals surface area contributed by atoms with Crippen molar-refractivity contribution < 1.29 is 13.5 Å². The topological polar surface area (TPSA) is 47.0 Å². The Labute approximate surface area is 115 Å². The van der Waals surface area contributed by atoms with Crippen LogP contribution in [0.1, 0.15) is 13.3 Å². The Bertz CT molecular complexity index is 546. The van der Waals surface area contributed by atoms with Crippen LogP contribution < -0.4 is 10.1 Å². The number of rotatable bonds is 6. The minimum Gasteiger partial charge on any atom is -0.435 e. The average molecular weight is 279 g/mol. The van der Waals surface area contributed by atoms with Gasteiger partial charge in [0.25, 0.3) is 0 Å². The number of nitrogens with zero attached hydrogens (tertiary/aromatic N) is 2. The Morgan fingerprint density at radius 3 is 2.60 bits per heavy atom. The number of alkyl halides is 2. The highest BCUT2D eigenvalue weighted by molar-refractivity contribution is 5.57. The molecule has 6 heteroatoms. The molecule has 0 bridgehead atoms. The van der Waals surface area contributed by atoms with E-state index < -0.39 is 6.61 Å². The van der Waals surface area contributed by atoms with Crippen LogP contribution >= 0.6 is 0 Å². The molecule has 2 rings (SSSR count). The first kappa shape index (κ1) is 14.2. The average Bonchev–Trinajstić information content (AvgIpc) is 2.45. The van der Waals surface area contributed by atoms with E-state index in [1.165, 1.54) is 12.1 Å². The predicted molar refractivity (Wildman–Crippen MR) is 72.9 cm³/mol. The molecule has 106 valence electrons. The molecule has 0 aliphatic heterocycles. The summed E-state index contributed by atoms with van der Waals surface area (Å²) >= 11 is 0. The van der Waals surface area contributed by atoms with Gasteiger partial charge in [-0.2, -0.15) is 8.78 Å². The van der Waals surface area contributed by atoms with E-state index in [4.69, 9.17) is 0 Å². The van der Waals surface area contributed by atoms with Gasteiger partial charge in [0.1, 0.15) is 11.6 Å². The molecule has 0 aliphatic carbocycles. The molecule has 0 fully saturated rings. The normalized spacial score (nSPS) is 10.6. The summed E-state index contributed by atoms with van der Waals surface area (Å²) in [7, 11) is 0. The van der Waals surface area contributed by atoms with Crippen molar-refractivity contribution in [1.29, 1.82) is 0 Å². The summed E-state index contributed by atoms with van der Waals surface area (Å²) in [4.78, 5) is 8.53. The van der Waals surface area contributed by atoms with Crippen molar-refractivity contribution in [3.05, 3.63) is 36.5 Å². The second kappa shape index (κ2) is 6.79. The Hall–Kier alpha value is -2.24. The van der Waals surface area contributed by atoms with Crippen molar-refractivity contribution in [2.24, 2.45) is 0 Å². The molecule has 1 N–H and O–H groups in total. The Kier molecular flexibility index (Phi) is 4.81. The fraction of sp³-hybridized carbons (Fsp3) is 0.286. The van der Waals surface area contributed by atoms with Crippen LogP contribution in [0.5, 0.6) is 5.75 Å². The van der Waals surface area contributed by atoms with Gasteiger partial charge in [-0.25, -0.2) is 9.97 Å². The second-order valence-electron chi connectivity index (χ2n) is 4.10. The van der Waals surface area contributed by atoms with E-state index >= 15 is 0 Å². The molecule has 0 unspecified atom stereocenters. The van der Waals surface area contributed by atoms with Crippen LogP contribution in [-0.4, -0.2) is 23.1 Å². The number of aromatic nitrogens is 2. The highest BCUT2D eigenvalue weighted by atomic mass is 19.3. The van der Waals surface area contributed by atoms with Crippen LogP contribution in [0.2, 0.25) is 0 Å². The zero-order valence-electron chi connectivity index (χ0n) is 11.0. The van der Waals surface area contributed by atoms with E-state index in [-0.39, 0.29) is 5.75 Å².